The molecule has 1 amide bonds. The Morgan fingerprint density at radius 1 is 1.27 bits per heavy atom. The van der Waals surface area contributed by atoms with E-state index in [0.717, 1.165) is 30.0 Å². The van der Waals surface area contributed by atoms with Gasteiger partial charge in [0.25, 0.3) is 5.91 Å². The molecule has 4 rings (SSSR count). The normalized spacial score (nSPS) is 14.3. The summed E-state index contributed by atoms with van der Waals surface area (Å²) in [6.07, 6.45) is 0. The summed E-state index contributed by atoms with van der Waals surface area (Å²) in [5, 5.41) is 9.11. The lowest BCUT2D eigenvalue weighted by Crippen LogP contribution is -2.60. The maximum absolute atomic E-state index is 12.8. The van der Waals surface area contributed by atoms with Gasteiger partial charge in [-0.2, -0.15) is 5.10 Å². The summed E-state index contributed by atoms with van der Waals surface area (Å²) in [5.74, 6) is 1.64. The Labute approximate surface area is 151 Å². The number of likely N-dealkylation sites (N-methyl/N-ethyl adjacent to an activating group) is 1. The zero-order chi connectivity index (χ0) is 18.3. The van der Waals surface area contributed by atoms with Crippen LogP contribution in [0.25, 0.3) is 11.0 Å². The first-order valence-corrected chi connectivity index (χ1v) is 8.46. The molecule has 134 valence electrons. The van der Waals surface area contributed by atoms with Crippen LogP contribution in [0.1, 0.15) is 16.2 Å². The summed E-state index contributed by atoms with van der Waals surface area (Å²) in [5.41, 5.74) is 1.48. The first-order chi connectivity index (χ1) is 12.6. The third kappa shape index (κ3) is 2.75. The highest BCUT2D eigenvalue weighted by atomic mass is 16.5. The van der Waals surface area contributed by atoms with E-state index >= 15 is 0 Å². The highest BCUT2D eigenvalue weighted by Crippen LogP contribution is 2.29. The Kier molecular flexibility index (Phi) is 3.99. The van der Waals surface area contributed by atoms with Crippen molar-refractivity contribution in [2.24, 2.45) is 0 Å². The van der Waals surface area contributed by atoms with Crippen LogP contribution in [0.2, 0.25) is 0 Å². The molecule has 26 heavy (non-hydrogen) atoms. The third-order valence-corrected chi connectivity index (χ3v) is 4.78. The summed E-state index contributed by atoms with van der Waals surface area (Å²) in [7, 11) is 3.39. The van der Waals surface area contributed by atoms with Gasteiger partial charge in [0, 0.05) is 25.5 Å². The first kappa shape index (κ1) is 16.4. The minimum Gasteiger partial charge on any atom is -0.493 e. The number of hydrogen-bond donors (Lipinski definition) is 0. The van der Waals surface area contributed by atoms with Crippen molar-refractivity contribution < 1.29 is 13.9 Å². The predicted octanol–water partition coefficient (Wildman–Crippen LogP) is 2.50. The summed E-state index contributed by atoms with van der Waals surface area (Å²) in [4.78, 5) is 16.6. The molecule has 1 fully saturated rings. The van der Waals surface area contributed by atoms with Crippen LogP contribution >= 0.6 is 0 Å². The molecule has 1 aromatic carbocycles. The highest BCUT2D eigenvalue weighted by Gasteiger charge is 2.34. The van der Waals surface area contributed by atoms with E-state index in [1.807, 2.05) is 37.3 Å². The lowest BCUT2D eigenvalue weighted by molar-refractivity contribution is 0.0675. The largest absolute Gasteiger partial charge is 0.493 e. The van der Waals surface area contributed by atoms with Crippen molar-refractivity contribution in [1.82, 2.24) is 15.1 Å². The average Bonchev–Trinajstić information content (AvgIpc) is 3.05. The SMILES string of the molecule is COc1cccc2cc(C(=O)N(C)C3CN(c4ccc(C)nn4)C3)oc12. The van der Waals surface area contributed by atoms with Gasteiger partial charge in [-0.05, 0) is 31.2 Å². The minimum atomic E-state index is -0.136. The number of furan rings is 1. The van der Waals surface area contributed by atoms with E-state index in [2.05, 4.69) is 15.1 Å². The standard InChI is InChI=1S/C19H20N4O3/c1-12-7-8-17(21-20-12)23-10-14(11-23)22(2)19(24)16-9-13-5-4-6-15(25-3)18(13)26-16/h4-9,14H,10-11H2,1-3H3. The van der Waals surface area contributed by atoms with Gasteiger partial charge in [-0.1, -0.05) is 12.1 Å². The van der Waals surface area contributed by atoms with Crippen LogP contribution in [0.4, 0.5) is 5.82 Å². The number of carbonyl (C=O) groups excluding carboxylic acids is 1. The van der Waals surface area contributed by atoms with Gasteiger partial charge in [-0.25, -0.2) is 0 Å². The van der Waals surface area contributed by atoms with Crippen LogP contribution in [-0.4, -0.2) is 54.3 Å². The van der Waals surface area contributed by atoms with Gasteiger partial charge >= 0.3 is 0 Å². The first-order valence-electron chi connectivity index (χ1n) is 8.46. The van der Waals surface area contributed by atoms with E-state index < -0.39 is 0 Å². The summed E-state index contributed by atoms with van der Waals surface area (Å²) < 4.78 is 11.1. The molecule has 0 aliphatic carbocycles. The maximum atomic E-state index is 12.8. The zero-order valence-electron chi connectivity index (χ0n) is 15.0. The van der Waals surface area contributed by atoms with E-state index in [9.17, 15) is 4.79 Å². The molecule has 0 radical (unpaired) electrons. The number of hydrogen-bond acceptors (Lipinski definition) is 6. The molecule has 2 aromatic heterocycles. The lowest BCUT2D eigenvalue weighted by Gasteiger charge is -2.44. The van der Waals surface area contributed by atoms with Gasteiger partial charge in [0.05, 0.1) is 18.8 Å². The van der Waals surface area contributed by atoms with Crippen LogP contribution in [-0.2, 0) is 0 Å². The summed E-state index contributed by atoms with van der Waals surface area (Å²) in [6.45, 7) is 3.36. The van der Waals surface area contributed by atoms with Crippen LogP contribution < -0.4 is 9.64 Å². The minimum absolute atomic E-state index is 0.112. The number of para-hydroxylation sites is 1. The number of methoxy groups -OCH3 is 1. The lowest BCUT2D eigenvalue weighted by atomic mass is 10.1. The molecular weight excluding hydrogens is 332 g/mol. The summed E-state index contributed by atoms with van der Waals surface area (Å²) in [6, 6.07) is 11.4. The van der Waals surface area contributed by atoms with Crippen LogP contribution in [0, 0.1) is 6.92 Å². The molecule has 3 aromatic rings. The third-order valence-electron chi connectivity index (χ3n) is 4.78. The molecular formula is C19H20N4O3. The number of aryl methyl sites for hydroxylation is 1. The quantitative estimate of drug-likeness (QED) is 0.718. The molecule has 3 heterocycles. The number of anilines is 1. The molecule has 1 aliphatic heterocycles. The number of amides is 1. The fourth-order valence-corrected chi connectivity index (χ4v) is 3.09. The Balaban J connectivity index is 1.46. The fourth-order valence-electron chi connectivity index (χ4n) is 3.09. The second-order valence-electron chi connectivity index (χ2n) is 6.50. The number of carbonyl (C=O) groups is 1. The van der Waals surface area contributed by atoms with Crippen molar-refractivity contribution in [3.05, 3.63) is 47.9 Å². The molecule has 7 heteroatoms. The predicted molar refractivity (Wildman–Crippen MR) is 97.6 cm³/mol. The van der Waals surface area contributed by atoms with E-state index in [-0.39, 0.29) is 11.9 Å². The molecule has 0 spiro atoms. The average molecular weight is 352 g/mol. The molecule has 0 unspecified atom stereocenters. The maximum Gasteiger partial charge on any atom is 0.289 e. The molecule has 7 nitrogen and oxygen atoms in total. The van der Waals surface area contributed by atoms with Gasteiger partial charge in [0.1, 0.15) is 0 Å². The Hall–Kier alpha value is -3.09. The number of aromatic nitrogens is 2. The number of nitrogens with zero attached hydrogens (tertiary/aromatic N) is 4. The van der Waals surface area contributed by atoms with E-state index in [4.69, 9.17) is 9.15 Å². The van der Waals surface area contributed by atoms with Crippen LogP contribution in [0.5, 0.6) is 5.75 Å². The summed E-state index contributed by atoms with van der Waals surface area (Å²) >= 11 is 0. The Morgan fingerprint density at radius 3 is 2.77 bits per heavy atom. The Morgan fingerprint density at radius 2 is 2.08 bits per heavy atom. The molecule has 1 aliphatic rings. The second-order valence-corrected chi connectivity index (χ2v) is 6.50. The molecule has 0 atom stereocenters. The smallest absolute Gasteiger partial charge is 0.289 e. The van der Waals surface area contributed by atoms with Crippen molar-refractivity contribution in [2.75, 3.05) is 32.1 Å². The van der Waals surface area contributed by atoms with E-state index in [1.165, 1.54) is 0 Å². The van der Waals surface area contributed by atoms with Crippen molar-refractivity contribution in [2.45, 2.75) is 13.0 Å². The highest BCUT2D eigenvalue weighted by molar-refractivity contribution is 5.97. The molecule has 0 saturated carbocycles. The van der Waals surface area contributed by atoms with Crippen molar-refractivity contribution >= 4 is 22.7 Å². The number of fused-ring (bicyclic) bond motifs is 1. The Bertz CT molecular complexity index is 945. The number of benzene rings is 1. The zero-order valence-corrected chi connectivity index (χ0v) is 15.0. The van der Waals surface area contributed by atoms with Crippen molar-refractivity contribution in [3.63, 3.8) is 0 Å². The van der Waals surface area contributed by atoms with Crippen molar-refractivity contribution in [1.29, 1.82) is 0 Å². The van der Waals surface area contributed by atoms with Crippen molar-refractivity contribution in [3.8, 4) is 5.75 Å². The van der Waals surface area contributed by atoms with Gasteiger partial charge < -0.3 is 19.0 Å². The monoisotopic (exact) mass is 352 g/mol. The van der Waals surface area contributed by atoms with Gasteiger partial charge in [-0.15, -0.1) is 5.10 Å². The number of ether oxygens (including phenoxy) is 1. The molecule has 0 bridgehead atoms. The van der Waals surface area contributed by atoms with Gasteiger partial charge in [-0.3, -0.25) is 4.79 Å². The van der Waals surface area contributed by atoms with E-state index in [0.29, 0.717) is 17.1 Å². The second kappa shape index (κ2) is 6.33. The van der Waals surface area contributed by atoms with Gasteiger partial charge in [0.15, 0.2) is 22.9 Å². The van der Waals surface area contributed by atoms with Crippen LogP contribution in [0.15, 0.2) is 40.8 Å². The van der Waals surface area contributed by atoms with E-state index in [1.54, 1.807) is 25.1 Å². The molecule has 1 saturated heterocycles. The molecule has 0 N–H and O–H groups in total. The fraction of sp³-hybridized carbons (Fsp3) is 0.316. The van der Waals surface area contributed by atoms with Crippen LogP contribution in [0.3, 0.4) is 0 Å². The van der Waals surface area contributed by atoms with Gasteiger partial charge in [0.2, 0.25) is 0 Å². The number of rotatable bonds is 4. The topological polar surface area (TPSA) is 71.7 Å².